The minimum atomic E-state index is -4.23. The summed E-state index contributed by atoms with van der Waals surface area (Å²) in [5, 5.41) is 11.1. The number of hydrogen-bond donors (Lipinski definition) is 2. The first-order valence-corrected chi connectivity index (χ1v) is 6.05. The smallest absolute Gasteiger partial charge is 0.396 e. The van der Waals surface area contributed by atoms with Gasteiger partial charge < -0.3 is 10.4 Å². The fourth-order valence-corrected chi connectivity index (χ4v) is 1.65. The third kappa shape index (κ3) is 10.1. The van der Waals surface area contributed by atoms with Crippen molar-refractivity contribution in [1.82, 2.24) is 5.32 Å². The van der Waals surface area contributed by atoms with Crippen LogP contribution in [0.2, 0.25) is 0 Å². The Hall–Kier alpha value is -0.430. The molecule has 0 bridgehead atoms. The average Bonchev–Trinajstić information content (AvgIpc) is 2.12. The predicted octanol–water partition coefficient (Wildman–Crippen LogP) is 1.56. The third-order valence-corrected chi connectivity index (χ3v) is 2.70. The molecule has 0 spiro atoms. The molecule has 0 radical (unpaired) electrons. The minimum Gasteiger partial charge on any atom is -0.396 e. The van der Waals surface area contributed by atoms with E-state index in [1.165, 1.54) is 0 Å². The molecule has 0 saturated carbocycles. The molecule has 0 saturated heterocycles. The van der Waals surface area contributed by atoms with Crippen LogP contribution >= 0.6 is 11.8 Å². The maximum atomic E-state index is 11.8. The molecule has 0 aromatic heterocycles. The van der Waals surface area contributed by atoms with Crippen LogP contribution in [0.1, 0.15) is 19.8 Å². The van der Waals surface area contributed by atoms with Gasteiger partial charge in [-0.05, 0) is 19.8 Å². The van der Waals surface area contributed by atoms with Crippen LogP contribution in [0.3, 0.4) is 0 Å². The van der Waals surface area contributed by atoms with Crippen LogP contribution < -0.4 is 5.32 Å². The van der Waals surface area contributed by atoms with Crippen LogP contribution in [0, 0.1) is 0 Å². The summed E-state index contributed by atoms with van der Waals surface area (Å²) in [4.78, 5) is 11.1. The van der Waals surface area contributed by atoms with Crippen LogP contribution in [0.25, 0.3) is 0 Å². The van der Waals surface area contributed by atoms with Crippen molar-refractivity contribution in [1.29, 1.82) is 0 Å². The fourth-order valence-electron chi connectivity index (χ4n) is 1.05. The molecule has 0 aliphatic carbocycles. The van der Waals surface area contributed by atoms with Gasteiger partial charge in [-0.25, -0.2) is 0 Å². The Labute approximate surface area is 96.8 Å². The monoisotopic (exact) mass is 259 g/mol. The zero-order valence-corrected chi connectivity index (χ0v) is 9.83. The van der Waals surface area contributed by atoms with E-state index in [1.807, 2.05) is 0 Å². The molecule has 1 amide bonds. The van der Waals surface area contributed by atoms with E-state index >= 15 is 0 Å². The molecular formula is C9H16F3NO2S. The van der Waals surface area contributed by atoms with Crippen LogP contribution in [-0.4, -0.2) is 41.3 Å². The van der Waals surface area contributed by atoms with E-state index in [-0.39, 0.29) is 18.4 Å². The number of thioether (sulfide) groups is 1. The summed E-state index contributed by atoms with van der Waals surface area (Å²) in [5.41, 5.74) is 0. The number of alkyl halides is 3. The summed E-state index contributed by atoms with van der Waals surface area (Å²) in [7, 11) is 0. The maximum absolute atomic E-state index is 11.8. The molecule has 0 heterocycles. The van der Waals surface area contributed by atoms with Crippen molar-refractivity contribution in [2.45, 2.75) is 32.0 Å². The van der Waals surface area contributed by atoms with Gasteiger partial charge in [0, 0.05) is 12.6 Å². The lowest BCUT2D eigenvalue weighted by molar-refractivity contribution is -0.119. The van der Waals surface area contributed by atoms with Crippen LogP contribution in [0.4, 0.5) is 13.2 Å². The van der Waals surface area contributed by atoms with E-state index in [2.05, 4.69) is 5.32 Å². The molecule has 2 N–H and O–H groups in total. The first-order valence-electron chi connectivity index (χ1n) is 4.90. The highest BCUT2D eigenvalue weighted by molar-refractivity contribution is 8.00. The van der Waals surface area contributed by atoms with Gasteiger partial charge in [0.05, 0.1) is 11.5 Å². The van der Waals surface area contributed by atoms with Crippen molar-refractivity contribution in [2.75, 3.05) is 18.1 Å². The second kappa shape index (κ2) is 7.78. The number of carbonyl (C=O) groups is 1. The minimum absolute atomic E-state index is 0.0447. The van der Waals surface area contributed by atoms with Gasteiger partial charge in [0.15, 0.2) is 0 Å². The second-order valence-electron chi connectivity index (χ2n) is 3.44. The highest BCUT2D eigenvalue weighted by Crippen LogP contribution is 2.20. The Bertz CT molecular complexity index is 211. The first-order chi connectivity index (χ1) is 7.35. The van der Waals surface area contributed by atoms with Gasteiger partial charge in [0.2, 0.25) is 5.91 Å². The summed E-state index contributed by atoms with van der Waals surface area (Å²) >= 11 is 0.548. The van der Waals surface area contributed by atoms with Gasteiger partial charge in [-0.1, -0.05) is 0 Å². The molecule has 0 aliphatic rings. The Kier molecular flexibility index (Phi) is 7.57. The molecule has 16 heavy (non-hydrogen) atoms. The summed E-state index contributed by atoms with van der Waals surface area (Å²) in [6, 6.07) is -0.119. The van der Waals surface area contributed by atoms with Gasteiger partial charge in [0.25, 0.3) is 0 Å². The molecule has 0 fully saturated rings. The van der Waals surface area contributed by atoms with E-state index < -0.39 is 17.8 Å². The number of nitrogens with one attached hydrogen (secondary N) is 1. The van der Waals surface area contributed by atoms with Gasteiger partial charge in [-0.2, -0.15) is 13.2 Å². The summed E-state index contributed by atoms with van der Waals surface area (Å²) in [5.74, 6) is -1.60. The molecule has 0 aliphatic heterocycles. The van der Waals surface area contributed by atoms with Crippen molar-refractivity contribution >= 4 is 17.7 Å². The Morgan fingerprint density at radius 2 is 2.12 bits per heavy atom. The Morgan fingerprint density at radius 1 is 1.50 bits per heavy atom. The molecular weight excluding hydrogens is 243 g/mol. The van der Waals surface area contributed by atoms with Crippen molar-refractivity contribution in [3.05, 3.63) is 0 Å². The summed E-state index contributed by atoms with van der Waals surface area (Å²) in [6.45, 7) is 1.80. The van der Waals surface area contributed by atoms with Crippen molar-refractivity contribution in [2.24, 2.45) is 0 Å². The normalized spacial score (nSPS) is 13.6. The number of halogens is 3. The zero-order valence-electron chi connectivity index (χ0n) is 9.01. The molecule has 0 rings (SSSR count). The van der Waals surface area contributed by atoms with Gasteiger partial charge in [-0.3, -0.25) is 4.79 Å². The number of aliphatic hydroxyl groups excluding tert-OH is 1. The number of amides is 1. The van der Waals surface area contributed by atoms with E-state index in [0.29, 0.717) is 24.6 Å². The number of carbonyl (C=O) groups excluding carboxylic acids is 1. The van der Waals surface area contributed by atoms with Crippen molar-refractivity contribution < 1.29 is 23.1 Å². The van der Waals surface area contributed by atoms with Gasteiger partial charge in [0.1, 0.15) is 0 Å². The van der Waals surface area contributed by atoms with E-state index in [1.54, 1.807) is 6.92 Å². The molecule has 1 unspecified atom stereocenters. The van der Waals surface area contributed by atoms with Crippen LogP contribution in [0.5, 0.6) is 0 Å². The van der Waals surface area contributed by atoms with Crippen molar-refractivity contribution in [3.8, 4) is 0 Å². The average molecular weight is 259 g/mol. The van der Waals surface area contributed by atoms with E-state index in [4.69, 9.17) is 5.11 Å². The summed E-state index contributed by atoms with van der Waals surface area (Å²) in [6.07, 6.45) is -3.04. The lowest BCUT2D eigenvalue weighted by atomic mass is 10.2. The fraction of sp³-hybridized carbons (Fsp3) is 0.889. The SMILES string of the molecule is CC(CCCO)NC(=O)CSCC(F)(F)F. The number of rotatable bonds is 7. The molecule has 1 atom stereocenters. The largest absolute Gasteiger partial charge is 0.397 e. The second-order valence-corrected chi connectivity index (χ2v) is 4.43. The predicted molar refractivity (Wildman–Crippen MR) is 57.3 cm³/mol. The number of hydrogen-bond acceptors (Lipinski definition) is 3. The van der Waals surface area contributed by atoms with Crippen molar-refractivity contribution in [3.63, 3.8) is 0 Å². The molecule has 96 valence electrons. The Morgan fingerprint density at radius 3 is 2.62 bits per heavy atom. The van der Waals surface area contributed by atoms with Crippen LogP contribution in [-0.2, 0) is 4.79 Å². The molecule has 7 heteroatoms. The Balaban J connectivity index is 3.58. The first kappa shape index (κ1) is 15.6. The van der Waals surface area contributed by atoms with Gasteiger partial charge >= 0.3 is 6.18 Å². The third-order valence-electron chi connectivity index (χ3n) is 1.70. The highest BCUT2D eigenvalue weighted by Gasteiger charge is 2.27. The quantitative estimate of drug-likeness (QED) is 0.729. The van der Waals surface area contributed by atoms with E-state index in [9.17, 15) is 18.0 Å². The van der Waals surface area contributed by atoms with Crippen LogP contribution in [0.15, 0.2) is 0 Å². The maximum Gasteiger partial charge on any atom is 0.397 e. The molecule has 0 aromatic carbocycles. The lowest BCUT2D eigenvalue weighted by Crippen LogP contribution is -2.34. The topological polar surface area (TPSA) is 49.3 Å². The van der Waals surface area contributed by atoms with Gasteiger partial charge in [-0.15, -0.1) is 11.8 Å². The summed E-state index contributed by atoms with van der Waals surface area (Å²) < 4.78 is 35.3. The lowest BCUT2D eigenvalue weighted by Gasteiger charge is -2.13. The highest BCUT2D eigenvalue weighted by atomic mass is 32.2. The standard InChI is InChI=1S/C9H16F3NO2S/c1-7(3-2-4-14)13-8(15)5-16-6-9(10,11)12/h7,14H,2-6H2,1H3,(H,13,15). The van der Waals surface area contributed by atoms with E-state index in [0.717, 1.165) is 0 Å². The zero-order chi connectivity index (χ0) is 12.6. The molecule has 3 nitrogen and oxygen atoms in total. The molecule has 0 aromatic rings. The number of aliphatic hydroxyl groups is 1.